The molecular formula is C16H20ClN5O. The third-order valence-electron chi connectivity index (χ3n) is 3.13. The van der Waals surface area contributed by atoms with Crippen LogP contribution in [0.4, 0.5) is 5.95 Å². The summed E-state index contributed by atoms with van der Waals surface area (Å²) in [5, 5.41) is 6.52. The fourth-order valence-electron chi connectivity index (χ4n) is 1.87. The van der Waals surface area contributed by atoms with E-state index in [9.17, 15) is 4.79 Å². The number of likely N-dealkylation sites (N-methyl/N-ethyl adjacent to an activating group) is 1. The van der Waals surface area contributed by atoms with Crippen molar-refractivity contribution in [2.75, 3.05) is 32.5 Å². The van der Waals surface area contributed by atoms with E-state index in [0.29, 0.717) is 29.8 Å². The Bertz CT molecular complexity index is 662. The van der Waals surface area contributed by atoms with Crippen LogP contribution in [0.3, 0.4) is 0 Å². The maximum absolute atomic E-state index is 12.2. The summed E-state index contributed by atoms with van der Waals surface area (Å²) in [4.78, 5) is 22.6. The van der Waals surface area contributed by atoms with Gasteiger partial charge in [0.25, 0.3) is 5.91 Å². The molecule has 6 nitrogen and oxygen atoms in total. The smallest absolute Gasteiger partial charge is 0.270 e. The lowest BCUT2D eigenvalue weighted by Gasteiger charge is -2.11. The minimum absolute atomic E-state index is 0.261. The molecule has 0 aliphatic rings. The molecule has 23 heavy (non-hydrogen) atoms. The number of carbonyl (C=O) groups excluding carboxylic acids is 1. The first-order chi connectivity index (χ1) is 11.1. The van der Waals surface area contributed by atoms with Crippen molar-refractivity contribution in [3.8, 4) is 0 Å². The van der Waals surface area contributed by atoms with E-state index in [-0.39, 0.29) is 5.91 Å². The first kappa shape index (κ1) is 17.2. The summed E-state index contributed by atoms with van der Waals surface area (Å²) in [6.07, 6.45) is 1.56. The van der Waals surface area contributed by atoms with E-state index in [1.54, 1.807) is 18.3 Å². The summed E-state index contributed by atoms with van der Waals surface area (Å²) in [5.74, 6) is 0.181. The van der Waals surface area contributed by atoms with Crippen LogP contribution in [0.2, 0.25) is 5.02 Å². The lowest BCUT2D eigenvalue weighted by molar-refractivity contribution is 0.0946. The van der Waals surface area contributed by atoms with Gasteiger partial charge in [0.1, 0.15) is 5.69 Å². The zero-order valence-corrected chi connectivity index (χ0v) is 14.0. The van der Waals surface area contributed by atoms with Crippen molar-refractivity contribution >= 4 is 23.5 Å². The third kappa shape index (κ3) is 5.50. The van der Waals surface area contributed by atoms with Crippen LogP contribution in [0.1, 0.15) is 16.1 Å². The van der Waals surface area contributed by atoms with Crippen LogP contribution in [0.25, 0.3) is 0 Å². The second-order valence-electron chi connectivity index (χ2n) is 5.27. The second-order valence-corrected chi connectivity index (χ2v) is 5.68. The van der Waals surface area contributed by atoms with Gasteiger partial charge in [0.05, 0.1) is 0 Å². The molecule has 122 valence electrons. The number of anilines is 1. The monoisotopic (exact) mass is 333 g/mol. The zero-order chi connectivity index (χ0) is 16.7. The highest BCUT2D eigenvalue weighted by Gasteiger charge is 2.09. The number of nitrogens with zero attached hydrogens (tertiary/aromatic N) is 3. The van der Waals surface area contributed by atoms with E-state index < -0.39 is 0 Å². The molecule has 0 spiro atoms. The molecule has 0 radical (unpaired) electrons. The molecule has 1 amide bonds. The number of rotatable bonds is 7. The number of aromatic nitrogens is 2. The predicted molar refractivity (Wildman–Crippen MR) is 91.7 cm³/mol. The first-order valence-corrected chi connectivity index (χ1v) is 7.67. The van der Waals surface area contributed by atoms with Crippen LogP contribution in [-0.4, -0.2) is 48.0 Å². The minimum Gasteiger partial charge on any atom is -0.353 e. The molecule has 0 bridgehead atoms. The van der Waals surface area contributed by atoms with Crippen LogP contribution < -0.4 is 10.6 Å². The molecule has 1 aromatic heterocycles. The normalized spacial score (nSPS) is 10.6. The van der Waals surface area contributed by atoms with E-state index in [1.165, 1.54) is 0 Å². The van der Waals surface area contributed by atoms with E-state index in [4.69, 9.17) is 11.6 Å². The lowest BCUT2D eigenvalue weighted by atomic mass is 10.2. The Balaban J connectivity index is 1.93. The summed E-state index contributed by atoms with van der Waals surface area (Å²) in [7, 11) is 3.97. The van der Waals surface area contributed by atoms with Gasteiger partial charge < -0.3 is 15.5 Å². The summed E-state index contributed by atoms with van der Waals surface area (Å²) < 4.78 is 0. The first-order valence-electron chi connectivity index (χ1n) is 7.29. The number of nitrogens with one attached hydrogen (secondary N) is 2. The Morgan fingerprint density at radius 2 is 2.04 bits per heavy atom. The van der Waals surface area contributed by atoms with Gasteiger partial charge in [0.15, 0.2) is 0 Å². The quantitative estimate of drug-likeness (QED) is 0.811. The van der Waals surface area contributed by atoms with Crippen LogP contribution >= 0.6 is 11.6 Å². The summed E-state index contributed by atoms with van der Waals surface area (Å²) in [6.45, 7) is 1.91. The molecule has 0 aliphatic carbocycles. The summed E-state index contributed by atoms with van der Waals surface area (Å²) in [6, 6.07) is 8.98. The number of carbonyl (C=O) groups is 1. The van der Waals surface area contributed by atoms with E-state index in [1.807, 2.05) is 37.2 Å². The highest BCUT2D eigenvalue weighted by molar-refractivity contribution is 6.31. The van der Waals surface area contributed by atoms with Gasteiger partial charge in [-0.1, -0.05) is 29.8 Å². The Kier molecular flexibility index (Phi) is 6.31. The molecule has 0 atom stereocenters. The predicted octanol–water partition coefficient (Wildman–Crippen LogP) is 2.03. The van der Waals surface area contributed by atoms with Crippen molar-refractivity contribution in [3.63, 3.8) is 0 Å². The molecule has 0 saturated heterocycles. The van der Waals surface area contributed by atoms with Crippen molar-refractivity contribution in [3.05, 3.63) is 52.8 Å². The highest BCUT2D eigenvalue weighted by Crippen LogP contribution is 2.14. The minimum atomic E-state index is -0.261. The van der Waals surface area contributed by atoms with Gasteiger partial charge in [-0.15, -0.1) is 0 Å². The molecule has 0 fully saturated rings. The van der Waals surface area contributed by atoms with Gasteiger partial charge >= 0.3 is 0 Å². The van der Waals surface area contributed by atoms with Gasteiger partial charge in [-0.2, -0.15) is 0 Å². The van der Waals surface area contributed by atoms with E-state index in [2.05, 4.69) is 20.6 Å². The van der Waals surface area contributed by atoms with Crippen LogP contribution in [0.15, 0.2) is 36.5 Å². The summed E-state index contributed by atoms with van der Waals surface area (Å²) >= 11 is 6.07. The standard InChI is InChI=1S/C16H20ClN5O/c1-22(2)10-9-19-16-18-8-7-14(21-16)15(23)20-11-12-5-3-4-6-13(12)17/h3-8H,9-11H2,1-2H3,(H,20,23)(H,18,19,21). The molecular weight excluding hydrogens is 314 g/mol. The molecule has 0 unspecified atom stereocenters. The molecule has 0 saturated carbocycles. The van der Waals surface area contributed by atoms with Gasteiger partial charge in [-0.25, -0.2) is 9.97 Å². The molecule has 1 heterocycles. The van der Waals surface area contributed by atoms with Crippen LogP contribution in [0, 0.1) is 0 Å². The number of hydrogen-bond donors (Lipinski definition) is 2. The number of benzene rings is 1. The topological polar surface area (TPSA) is 70.2 Å². The number of halogens is 1. The maximum Gasteiger partial charge on any atom is 0.270 e. The highest BCUT2D eigenvalue weighted by atomic mass is 35.5. The van der Waals surface area contributed by atoms with Crippen LogP contribution in [-0.2, 0) is 6.54 Å². The molecule has 2 aromatic rings. The van der Waals surface area contributed by atoms with Gasteiger partial charge in [0.2, 0.25) is 5.95 Å². The SMILES string of the molecule is CN(C)CCNc1nccc(C(=O)NCc2ccccc2Cl)n1. The molecule has 2 N–H and O–H groups in total. The maximum atomic E-state index is 12.2. The van der Waals surface area contributed by atoms with Crippen molar-refractivity contribution in [2.24, 2.45) is 0 Å². The second kappa shape index (κ2) is 8.45. The third-order valence-corrected chi connectivity index (χ3v) is 3.50. The van der Waals surface area contributed by atoms with E-state index >= 15 is 0 Å². The number of amides is 1. The van der Waals surface area contributed by atoms with Gasteiger partial charge in [0, 0.05) is 30.9 Å². The zero-order valence-electron chi connectivity index (χ0n) is 13.2. The molecule has 0 aliphatic heterocycles. The molecule has 1 aromatic carbocycles. The fraction of sp³-hybridized carbons (Fsp3) is 0.312. The lowest BCUT2D eigenvalue weighted by Crippen LogP contribution is -2.25. The Morgan fingerprint density at radius 1 is 1.26 bits per heavy atom. The van der Waals surface area contributed by atoms with Crippen molar-refractivity contribution in [1.29, 1.82) is 0 Å². The Labute approximate surface area is 140 Å². The Hall–Kier alpha value is -2.18. The molecule has 2 rings (SSSR count). The van der Waals surface area contributed by atoms with Crippen molar-refractivity contribution in [2.45, 2.75) is 6.54 Å². The average molecular weight is 334 g/mol. The fourth-order valence-corrected chi connectivity index (χ4v) is 2.07. The van der Waals surface area contributed by atoms with Crippen LogP contribution in [0.5, 0.6) is 0 Å². The molecule has 7 heteroatoms. The van der Waals surface area contributed by atoms with Crippen molar-refractivity contribution in [1.82, 2.24) is 20.2 Å². The van der Waals surface area contributed by atoms with Crippen molar-refractivity contribution < 1.29 is 4.79 Å². The number of hydrogen-bond acceptors (Lipinski definition) is 5. The van der Waals surface area contributed by atoms with E-state index in [0.717, 1.165) is 12.1 Å². The van der Waals surface area contributed by atoms with Gasteiger partial charge in [-0.05, 0) is 31.8 Å². The van der Waals surface area contributed by atoms with Gasteiger partial charge in [-0.3, -0.25) is 4.79 Å². The summed E-state index contributed by atoms with van der Waals surface area (Å²) in [5.41, 5.74) is 1.18. The average Bonchev–Trinajstić information content (AvgIpc) is 2.54. The Morgan fingerprint density at radius 3 is 2.78 bits per heavy atom. The largest absolute Gasteiger partial charge is 0.353 e.